The van der Waals surface area contributed by atoms with Crippen molar-refractivity contribution in [2.24, 2.45) is 0 Å². The zero-order chi connectivity index (χ0) is 19.1. The second-order valence-corrected chi connectivity index (χ2v) is 5.76. The summed E-state index contributed by atoms with van der Waals surface area (Å²) in [6.45, 7) is 3.47. The molecule has 134 valence electrons. The van der Waals surface area contributed by atoms with Gasteiger partial charge in [0.15, 0.2) is 6.10 Å². The van der Waals surface area contributed by atoms with Crippen molar-refractivity contribution in [2.75, 3.05) is 7.11 Å². The van der Waals surface area contributed by atoms with E-state index in [4.69, 9.17) is 4.74 Å². The lowest BCUT2D eigenvalue weighted by Gasteiger charge is -2.11. The van der Waals surface area contributed by atoms with Crippen LogP contribution >= 0.6 is 0 Å². The zero-order valence-corrected chi connectivity index (χ0v) is 14.9. The van der Waals surface area contributed by atoms with E-state index in [2.05, 4.69) is 4.74 Å². The molecule has 1 unspecified atom stereocenters. The summed E-state index contributed by atoms with van der Waals surface area (Å²) in [5, 5.41) is 0. The van der Waals surface area contributed by atoms with E-state index < -0.39 is 18.0 Å². The van der Waals surface area contributed by atoms with Gasteiger partial charge in [0.25, 0.3) is 0 Å². The minimum atomic E-state index is -0.878. The van der Waals surface area contributed by atoms with Gasteiger partial charge in [0.1, 0.15) is 0 Å². The summed E-state index contributed by atoms with van der Waals surface area (Å²) in [6.07, 6.45) is 1.91. The molecule has 1 atom stereocenters. The summed E-state index contributed by atoms with van der Waals surface area (Å²) in [4.78, 5) is 35.5. The summed E-state index contributed by atoms with van der Waals surface area (Å²) in [6, 6.07) is 13.6. The summed E-state index contributed by atoms with van der Waals surface area (Å²) >= 11 is 0. The van der Waals surface area contributed by atoms with E-state index in [1.54, 1.807) is 49.4 Å². The monoisotopic (exact) mass is 352 g/mol. The quantitative estimate of drug-likeness (QED) is 0.451. The summed E-state index contributed by atoms with van der Waals surface area (Å²) < 4.78 is 9.77. The number of benzene rings is 2. The molecule has 5 heteroatoms. The van der Waals surface area contributed by atoms with Crippen LogP contribution < -0.4 is 0 Å². The van der Waals surface area contributed by atoms with Crippen molar-refractivity contribution in [3.05, 3.63) is 76.9 Å². The number of ether oxygens (including phenoxy) is 2. The fourth-order valence-electron chi connectivity index (χ4n) is 2.23. The second-order valence-electron chi connectivity index (χ2n) is 5.76. The third kappa shape index (κ3) is 5.14. The summed E-state index contributed by atoms with van der Waals surface area (Å²) in [5.74, 6) is -1.30. The van der Waals surface area contributed by atoms with E-state index in [1.165, 1.54) is 13.2 Å². The molecule has 5 nitrogen and oxygen atoms in total. The molecule has 0 saturated heterocycles. The minimum absolute atomic E-state index is 0.255. The first kappa shape index (κ1) is 19.1. The SMILES string of the molecule is COC(=O)c1ccc(/C=C/C(=O)OC(C)C(=O)c2ccc(C)cc2)cc1. The van der Waals surface area contributed by atoms with Crippen molar-refractivity contribution < 1.29 is 23.9 Å². The second kappa shape index (κ2) is 8.76. The molecule has 0 N–H and O–H groups in total. The standard InChI is InChI=1S/C21H20O5/c1-14-4-9-17(10-5-14)20(23)15(2)26-19(22)13-8-16-6-11-18(12-7-16)21(24)25-3/h4-13,15H,1-3H3/b13-8+. The van der Waals surface area contributed by atoms with Crippen molar-refractivity contribution in [1.82, 2.24) is 0 Å². The number of esters is 2. The Morgan fingerprint density at radius 3 is 2.08 bits per heavy atom. The van der Waals surface area contributed by atoms with Gasteiger partial charge in [0, 0.05) is 11.6 Å². The molecule has 0 amide bonds. The van der Waals surface area contributed by atoms with Gasteiger partial charge < -0.3 is 9.47 Å². The smallest absolute Gasteiger partial charge is 0.337 e. The molecule has 0 spiro atoms. The summed E-state index contributed by atoms with van der Waals surface area (Å²) in [5.41, 5.74) is 2.68. The lowest BCUT2D eigenvalue weighted by atomic mass is 10.1. The normalized spacial score (nSPS) is 11.8. The van der Waals surface area contributed by atoms with E-state index in [0.29, 0.717) is 16.7 Å². The van der Waals surface area contributed by atoms with Crippen LogP contribution in [-0.2, 0) is 14.3 Å². The van der Waals surface area contributed by atoms with Gasteiger partial charge in [-0.15, -0.1) is 0 Å². The number of Topliss-reactive ketones (excluding diaryl/α,β-unsaturated/α-hetero) is 1. The Bertz CT molecular complexity index is 816. The molecule has 0 aliphatic heterocycles. The van der Waals surface area contributed by atoms with Gasteiger partial charge in [-0.3, -0.25) is 4.79 Å². The first-order valence-electron chi connectivity index (χ1n) is 8.08. The average molecular weight is 352 g/mol. The van der Waals surface area contributed by atoms with Crippen molar-refractivity contribution in [1.29, 1.82) is 0 Å². The molecular formula is C21H20O5. The molecule has 0 aliphatic carbocycles. The van der Waals surface area contributed by atoms with E-state index in [-0.39, 0.29) is 5.78 Å². The highest BCUT2D eigenvalue weighted by molar-refractivity contribution is 6.01. The Kier molecular flexibility index (Phi) is 6.44. The topological polar surface area (TPSA) is 69.7 Å². The lowest BCUT2D eigenvalue weighted by molar-refractivity contribution is -0.140. The molecule has 0 heterocycles. The average Bonchev–Trinajstić information content (AvgIpc) is 2.66. The van der Waals surface area contributed by atoms with Crippen LogP contribution in [0, 0.1) is 6.92 Å². The Morgan fingerprint density at radius 2 is 1.50 bits per heavy atom. The van der Waals surface area contributed by atoms with Crippen molar-refractivity contribution >= 4 is 23.8 Å². The van der Waals surface area contributed by atoms with Crippen LogP contribution in [0.5, 0.6) is 0 Å². The Morgan fingerprint density at radius 1 is 0.923 bits per heavy atom. The maximum atomic E-state index is 12.3. The number of methoxy groups -OCH3 is 1. The maximum Gasteiger partial charge on any atom is 0.337 e. The zero-order valence-electron chi connectivity index (χ0n) is 14.9. The predicted molar refractivity (Wildman–Crippen MR) is 97.9 cm³/mol. The molecule has 0 radical (unpaired) electrons. The molecule has 0 aromatic heterocycles. The van der Waals surface area contributed by atoms with Crippen LogP contribution in [0.15, 0.2) is 54.6 Å². The number of rotatable bonds is 6. The molecule has 2 aromatic rings. The van der Waals surface area contributed by atoms with E-state index >= 15 is 0 Å². The Balaban J connectivity index is 1.94. The highest BCUT2D eigenvalue weighted by atomic mass is 16.5. The fourth-order valence-corrected chi connectivity index (χ4v) is 2.23. The van der Waals surface area contributed by atoms with Crippen LogP contribution in [0.2, 0.25) is 0 Å². The number of aryl methyl sites for hydroxylation is 1. The molecule has 0 saturated carbocycles. The molecular weight excluding hydrogens is 332 g/mol. The Labute approximate surface area is 152 Å². The number of hydrogen-bond donors (Lipinski definition) is 0. The third-order valence-corrected chi connectivity index (χ3v) is 3.74. The van der Waals surface area contributed by atoms with E-state index in [1.807, 2.05) is 19.1 Å². The van der Waals surface area contributed by atoms with Crippen molar-refractivity contribution in [3.63, 3.8) is 0 Å². The molecule has 0 fully saturated rings. The molecule has 0 bridgehead atoms. The van der Waals surface area contributed by atoms with Crippen LogP contribution in [0.3, 0.4) is 0 Å². The van der Waals surface area contributed by atoms with Gasteiger partial charge in [0.05, 0.1) is 12.7 Å². The van der Waals surface area contributed by atoms with Crippen LogP contribution in [0.4, 0.5) is 0 Å². The van der Waals surface area contributed by atoms with Gasteiger partial charge >= 0.3 is 11.9 Å². The number of carbonyl (C=O) groups is 3. The van der Waals surface area contributed by atoms with Gasteiger partial charge in [-0.1, -0.05) is 42.0 Å². The molecule has 2 rings (SSSR count). The molecule has 2 aromatic carbocycles. The third-order valence-electron chi connectivity index (χ3n) is 3.74. The van der Waals surface area contributed by atoms with E-state index in [0.717, 1.165) is 5.56 Å². The predicted octanol–water partition coefficient (Wildman–Crippen LogP) is 3.61. The fraction of sp³-hybridized carbons (Fsp3) is 0.190. The molecule has 0 aliphatic rings. The largest absolute Gasteiger partial charge is 0.465 e. The van der Waals surface area contributed by atoms with Crippen LogP contribution in [-0.4, -0.2) is 30.9 Å². The van der Waals surface area contributed by atoms with Crippen LogP contribution in [0.25, 0.3) is 6.08 Å². The molecule has 26 heavy (non-hydrogen) atoms. The van der Waals surface area contributed by atoms with Gasteiger partial charge in [0.2, 0.25) is 5.78 Å². The number of hydrogen-bond acceptors (Lipinski definition) is 5. The summed E-state index contributed by atoms with van der Waals surface area (Å²) in [7, 11) is 1.31. The highest BCUT2D eigenvalue weighted by Gasteiger charge is 2.18. The van der Waals surface area contributed by atoms with Gasteiger partial charge in [-0.25, -0.2) is 9.59 Å². The highest BCUT2D eigenvalue weighted by Crippen LogP contribution is 2.10. The Hall–Kier alpha value is -3.21. The van der Waals surface area contributed by atoms with Crippen molar-refractivity contribution in [3.8, 4) is 0 Å². The van der Waals surface area contributed by atoms with Crippen LogP contribution in [0.1, 0.15) is 38.8 Å². The number of carbonyl (C=O) groups excluding carboxylic acids is 3. The van der Waals surface area contributed by atoms with Gasteiger partial charge in [-0.2, -0.15) is 0 Å². The lowest BCUT2D eigenvalue weighted by Crippen LogP contribution is -2.23. The maximum absolute atomic E-state index is 12.3. The van der Waals surface area contributed by atoms with Crippen molar-refractivity contribution in [2.45, 2.75) is 20.0 Å². The number of ketones is 1. The first-order valence-corrected chi connectivity index (χ1v) is 8.08. The van der Waals surface area contributed by atoms with E-state index in [9.17, 15) is 14.4 Å². The van der Waals surface area contributed by atoms with Gasteiger partial charge in [-0.05, 0) is 37.6 Å². The first-order chi connectivity index (χ1) is 12.4. The minimum Gasteiger partial charge on any atom is -0.465 e.